The summed E-state index contributed by atoms with van der Waals surface area (Å²) < 4.78 is 2.02. The maximum atomic E-state index is 11.9. The summed E-state index contributed by atoms with van der Waals surface area (Å²) in [6.07, 6.45) is 6.82. The Morgan fingerprint density at radius 3 is 2.76 bits per heavy atom. The van der Waals surface area contributed by atoms with Crippen molar-refractivity contribution in [3.63, 3.8) is 0 Å². The quantitative estimate of drug-likeness (QED) is 0.583. The maximum Gasteiger partial charge on any atom is 0.282 e. The Hall–Kier alpha value is -1.29. The Morgan fingerprint density at radius 1 is 1.35 bits per heavy atom. The van der Waals surface area contributed by atoms with Crippen molar-refractivity contribution in [1.29, 1.82) is 0 Å². The zero-order chi connectivity index (χ0) is 12.7. The molecular weight excluding hydrogens is 214 g/mol. The first kappa shape index (κ1) is 13.8. The number of carbonyl (C=O) groups excluding carboxylic acids is 1. The Morgan fingerprint density at radius 2 is 2.12 bits per heavy atom. The highest BCUT2D eigenvalue weighted by atomic mass is 16.2. The number of aryl methyl sites for hydroxylation is 1. The summed E-state index contributed by atoms with van der Waals surface area (Å²) >= 11 is 0. The molecular formula is C13H23N3O. The number of hydrogen-bond donors (Lipinski definition) is 1. The number of carbonyl (C=O) groups is 1. The second-order valence-electron chi connectivity index (χ2n) is 4.48. The molecule has 1 heterocycles. The van der Waals surface area contributed by atoms with E-state index in [1.54, 1.807) is 5.01 Å². The third kappa shape index (κ3) is 4.61. The van der Waals surface area contributed by atoms with Gasteiger partial charge < -0.3 is 4.57 Å². The number of aromatic nitrogens is 1. The average Bonchev–Trinajstić information content (AvgIpc) is 2.71. The highest BCUT2D eigenvalue weighted by Gasteiger charge is 2.10. The van der Waals surface area contributed by atoms with E-state index >= 15 is 0 Å². The second-order valence-corrected chi connectivity index (χ2v) is 4.48. The van der Waals surface area contributed by atoms with Crippen LogP contribution in [0.1, 0.15) is 43.1 Å². The lowest BCUT2D eigenvalue weighted by molar-refractivity contribution is 0.0846. The molecule has 0 aliphatic carbocycles. The van der Waals surface area contributed by atoms with Crippen LogP contribution in [0.15, 0.2) is 18.3 Å². The van der Waals surface area contributed by atoms with Crippen molar-refractivity contribution in [1.82, 2.24) is 15.0 Å². The molecule has 0 fully saturated rings. The predicted octanol–water partition coefficient (Wildman–Crippen LogP) is 2.27. The van der Waals surface area contributed by atoms with Gasteiger partial charge in [0.05, 0.1) is 0 Å². The standard InChI is InChI=1S/C13H23N3O/c1-4-5-6-7-10-16-11-8-9-12(16)13(17)14-15(2)3/h8-9,11H,4-7,10H2,1-3H3,(H,14,17). The minimum atomic E-state index is -0.0458. The SMILES string of the molecule is CCCCCCn1cccc1C(=O)NN(C)C. The van der Waals surface area contributed by atoms with Gasteiger partial charge in [0.1, 0.15) is 5.69 Å². The number of nitrogens with one attached hydrogen (secondary N) is 1. The number of amides is 1. The Balaban J connectivity index is 2.50. The second kappa shape index (κ2) is 7.12. The number of hydrogen-bond acceptors (Lipinski definition) is 2. The van der Waals surface area contributed by atoms with Crippen LogP contribution in [0, 0.1) is 0 Å². The molecule has 96 valence electrons. The first-order chi connectivity index (χ1) is 8.15. The Bertz CT molecular complexity index is 344. The van der Waals surface area contributed by atoms with E-state index in [0.29, 0.717) is 0 Å². The van der Waals surface area contributed by atoms with E-state index in [1.807, 2.05) is 37.0 Å². The van der Waals surface area contributed by atoms with E-state index in [2.05, 4.69) is 12.3 Å². The molecule has 4 heteroatoms. The van der Waals surface area contributed by atoms with E-state index in [9.17, 15) is 4.79 Å². The summed E-state index contributed by atoms with van der Waals surface area (Å²) in [5, 5.41) is 1.66. The van der Waals surface area contributed by atoms with Gasteiger partial charge in [0.25, 0.3) is 5.91 Å². The van der Waals surface area contributed by atoms with Crippen LogP contribution in [0.4, 0.5) is 0 Å². The van der Waals surface area contributed by atoms with Gasteiger partial charge in [-0.1, -0.05) is 26.2 Å². The number of hydrazine groups is 1. The minimum absolute atomic E-state index is 0.0458. The van der Waals surface area contributed by atoms with Gasteiger partial charge in [-0.15, -0.1) is 0 Å². The minimum Gasteiger partial charge on any atom is -0.344 e. The highest BCUT2D eigenvalue weighted by Crippen LogP contribution is 2.07. The summed E-state index contributed by atoms with van der Waals surface area (Å²) in [7, 11) is 3.62. The summed E-state index contributed by atoms with van der Waals surface area (Å²) in [5.74, 6) is -0.0458. The van der Waals surface area contributed by atoms with Crippen LogP contribution in [-0.4, -0.2) is 29.6 Å². The zero-order valence-corrected chi connectivity index (χ0v) is 11.1. The fourth-order valence-corrected chi connectivity index (χ4v) is 1.78. The van der Waals surface area contributed by atoms with Crippen molar-refractivity contribution in [3.8, 4) is 0 Å². The van der Waals surface area contributed by atoms with E-state index in [-0.39, 0.29) is 5.91 Å². The molecule has 0 radical (unpaired) electrons. The van der Waals surface area contributed by atoms with Crippen molar-refractivity contribution in [2.24, 2.45) is 0 Å². The van der Waals surface area contributed by atoms with Crippen molar-refractivity contribution in [2.75, 3.05) is 14.1 Å². The van der Waals surface area contributed by atoms with Crippen LogP contribution in [0.25, 0.3) is 0 Å². The van der Waals surface area contributed by atoms with Gasteiger partial charge in [0, 0.05) is 26.8 Å². The fourth-order valence-electron chi connectivity index (χ4n) is 1.78. The van der Waals surface area contributed by atoms with Crippen LogP contribution in [-0.2, 0) is 6.54 Å². The topological polar surface area (TPSA) is 37.3 Å². The molecule has 17 heavy (non-hydrogen) atoms. The number of unbranched alkanes of at least 4 members (excludes halogenated alkanes) is 3. The summed E-state index contributed by atoms with van der Waals surface area (Å²) in [6.45, 7) is 3.12. The van der Waals surface area contributed by atoms with Gasteiger partial charge in [0.15, 0.2) is 0 Å². The number of nitrogens with zero attached hydrogens (tertiary/aromatic N) is 2. The highest BCUT2D eigenvalue weighted by molar-refractivity contribution is 5.92. The van der Waals surface area contributed by atoms with Gasteiger partial charge >= 0.3 is 0 Å². The number of rotatable bonds is 7. The molecule has 0 saturated heterocycles. The summed E-state index contributed by atoms with van der Waals surface area (Å²) in [5.41, 5.74) is 3.49. The smallest absolute Gasteiger partial charge is 0.282 e. The van der Waals surface area contributed by atoms with E-state index in [4.69, 9.17) is 0 Å². The predicted molar refractivity (Wildman–Crippen MR) is 69.7 cm³/mol. The Kier molecular flexibility index (Phi) is 5.77. The van der Waals surface area contributed by atoms with Crippen molar-refractivity contribution < 1.29 is 4.79 Å². The van der Waals surface area contributed by atoms with Gasteiger partial charge in [-0.05, 0) is 18.6 Å². The fraction of sp³-hybridized carbons (Fsp3) is 0.615. The average molecular weight is 237 g/mol. The van der Waals surface area contributed by atoms with Crippen LogP contribution in [0.2, 0.25) is 0 Å². The molecule has 0 aliphatic heterocycles. The molecule has 0 spiro atoms. The molecule has 1 aromatic heterocycles. The van der Waals surface area contributed by atoms with Crippen LogP contribution in [0.5, 0.6) is 0 Å². The van der Waals surface area contributed by atoms with E-state index < -0.39 is 0 Å². The van der Waals surface area contributed by atoms with Gasteiger partial charge in [0.2, 0.25) is 0 Å². The normalized spacial score (nSPS) is 10.8. The van der Waals surface area contributed by atoms with E-state index in [1.165, 1.54) is 19.3 Å². The van der Waals surface area contributed by atoms with Crippen LogP contribution >= 0.6 is 0 Å². The Labute approximate surface area is 104 Å². The van der Waals surface area contributed by atoms with Crippen molar-refractivity contribution >= 4 is 5.91 Å². The molecule has 0 aromatic carbocycles. The largest absolute Gasteiger partial charge is 0.344 e. The maximum absolute atomic E-state index is 11.9. The lowest BCUT2D eigenvalue weighted by atomic mass is 10.2. The summed E-state index contributed by atoms with van der Waals surface area (Å²) in [6, 6.07) is 3.78. The molecule has 0 unspecified atom stereocenters. The molecule has 1 amide bonds. The van der Waals surface area contributed by atoms with E-state index in [0.717, 1.165) is 18.7 Å². The first-order valence-corrected chi connectivity index (χ1v) is 6.28. The zero-order valence-electron chi connectivity index (χ0n) is 11.1. The lowest BCUT2D eigenvalue weighted by Gasteiger charge is -2.13. The van der Waals surface area contributed by atoms with Crippen molar-refractivity contribution in [3.05, 3.63) is 24.0 Å². The monoisotopic (exact) mass is 237 g/mol. The molecule has 1 rings (SSSR count). The molecule has 4 nitrogen and oxygen atoms in total. The van der Waals surface area contributed by atoms with Gasteiger partial charge in [-0.25, -0.2) is 5.01 Å². The van der Waals surface area contributed by atoms with Gasteiger partial charge in [-0.2, -0.15) is 0 Å². The molecule has 0 saturated carbocycles. The third-order valence-corrected chi connectivity index (χ3v) is 2.64. The molecule has 1 N–H and O–H groups in total. The summed E-state index contributed by atoms with van der Waals surface area (Å²) in [4.78, 5) is 11.9. The molecule has 0 bridgehead atoms. The van der Waals surface area contributed by atoms with Crippen LogP contribution < -0.4 is 5.43 Å². The molecule has 0 atom stereocenters. The lowest BCUT2D eigenvalue weighted by Crippen LogP contribution is -2.37. The van der Waals surface area contributed by atoms with Crippen molar-refractivity contribution in [2.45, 2.75) is 39.2 Å². The van der Waals surface area contributed by atoms with Crippen LogP contribution in [0.3, 0.4) is 0 Å². The van der Waals surface area contributed by atoms with Gasteiger partial charge in [-0.3, -0.25) is 10.2 Å². The third-order valence-electron chi connectivity index (χ3n) is 2.64. The first-order valence-electron chi connectivity index (χ1n) is 6.28. The molecule has 1 aromatic rings. The molecule has 0 aliphatic rings.